The molecule has 1 unspecified atom stereocenters. The molecule has 2 heteroatoms. The maximum absolute atomic E-state index is 12.0. The van der Waals surface area contributed by atoms with Crippen LogP contribution in [-0.2, 0) is 11.2 Å². The Bertz CT molecular complexity index is 375. The molecule has 1 aliphatic heterocycles. The van der Waals surface area contributed by atoms with Crippen LogP contribution in [0.4, 0.5) is 0 Å². The van der Waals surface area contributed by atoms with Crippen LogP contribution in [0.1, 0.15) is 54.9 Å². The second-order valence-electron chi connectivity index (χ2n) is 5.06. The van der Waals surface area contributed by atoms with Crippen LogP contribution >= 0.6 is 0 Å². The molecule has 2 nitrogen and oxygen atoms in total. The van der Waals surface area contributed by atoms with Gasteiger partial charge in [-0.05, 0) is 31.2 Å². The third-order valence-electron chi connectivity index (χ3n) is 3.53. The van der Waals surface area contributed by atoms with Crippen molar-refractivity contribution in [2.45, 2.75) is 51.6 Å². The molecule has 1 aromatic rings. The molecule has 0 amide bonds. The number of carbonyl (C=O) groups excluding carboxylic acids is 1. The molecule has 1 saturated heterocycles. The smallest absolute Gasteiger partial charge is 0.165 e. The van der Waals surface area contributed by atoms with Gasteiger partial charge in [0.15, 0.2) is 5.78 Å². The maximum atomic E-state index is 12.0. The fourth-order valence-corrected chi connectivity index (χ4v) is 2.37. The highest BCUT2D eigenvalue weighted by Gasteiger charge is 2.19. The van der Waals surface area contributed by atoms with Crippen LogP contribution in [0.5, 0.6) is 0 Å². The average molecular weight is 246 g/mol. The highest BCUT2D eigenvalue weighted by molar-refractivity contribution is 5.96. The summed E-state index contributed by atoms with van der Waals surface area (Å²) in [4.78, 5) is 12.0. The predicted octanol–water partition coefficient (Wildman–Crippen LogP) is 3.78. The van der Waals surface area contributed by atoms with Gasteiger partial charge in [-0.15, -0.1) is 0 Å². The molecule has 1 aliphatic rings. The molecule has 0 radical (unpaired) electrons. The quantitative estimate of drug-likeness (QED) is 0.714. The molecule has 0 bridgehead atoms. The van der Waals surface area contributed by atoms with Crippen LogP contribution in [0, 0.1) is 0 Å². The van der Waals surface area contributed by atoms with Crippen molar-refractivity contribution in [1.82, 2.24) is 0 Å². The molecule has 0 spiro atoms. The van der Waals surface area contributed by atoms with Crippen molar-refractivity contribution in [2.24, 2.45) is 0 Å². The summed E-state index contributed by atoms with van der Waals surface area (Å²) in [5.74, 6) is 0.212. The van der Waals surface area contributed by atoms with Gasteiger partial charge in [0.05, 0.1) is 6.10 Å². The van der Waals surface area contributed by atoms with Crippen molar-refractivity contribution in [2.75, 3.05) is 6.61 Å². The first kappa shape index (κ1) is 13.3. The first-order valence-electron chi connectivity index (χ1n) is 7.03. The van der Waals surface area contributed by atoms with Crippen molar-refractivity contribution in [3.63, 3.8) is 0 Å². The number of aryl methyl sites for hydroxylation is 1. The van der Waals surface area contributed by atoms with Crippen LogP contribution in [0.15, 0.2) is 24.3 Å². The Kier molecular flexibility index (Phi) is 4.94. The fraction of sp³-hybridized carbons (Fsp3) is 0.562. The number of hydrogen-bond acceptors (Lipinski definition) is 2. The van der Waals surface area contributed by atoms with E-state index in [4.69, 9.17) is 4.74 Å². The van der Waals surface area contributed by atoms with Crippen LogP contribution in [-0.4, -0.2) is 18.5 Å². The Morgan fingerprint density at radius 1 is 1.33 bits per heavy atom. The lowest BCUT2D eigenvalue weighted by molar-refractivity contribution is 0.0775. The lowest BCUT2D eigenvalue weighted by atomic mass is 10.0. The molecule has 1 heterocycles. The van der Waals surface area contributed by atoms with Crippen LogP contribution in [0.25, 0.3) is 0 Å². The van der Waals surface area contributed by atoms with E-state index in [-0.39, 0.29) is 11.9 Å². The topological polar surface area (TPSA) is 26.3 Å². The van der Waals surface area contributed by atoms with Crippen molar-refractivity contribution in [3.8, 4) is 0 Å². The lowest BCUT2D eigenvalue weighted by Gasteiger charge is -2.08. The molecule has 2 rings (SSSR count). The van der Waals surface area contributed by atoms with Crippen molar-refractivity contribution in [3.05, 3.63) is 35.4 Å². The van der Waals surface area contributed by atoms with Gasteiger partial charge in [-0.2, -0.15) is 0 Å². The summed E-state index contributed by atoms with van der Waals surface area (Å²) in [6.07, 6.45) is 6.33. The second-order valence-corrected chi connectivity index (χ2v) is 5.06. The zero-order valence-electron chi connectivity index (χ0n) is 11.2. The highest BCUT2D eigenvalue weighted by Crippen LogP contribution is 2.18. The largest absolute Gasteiger partial charge is 0.378 e. The number of benzene rings is 1. The van der Waals surface area contributed by atoms with Gasteiger partial charge in [0.2, 0.25) is 0 Å². The third kappa shape index (κ3) is 3.67. The zero-order valence-corrected chi connectivity index (χ0v) is 11.2. The summed E-state index contributed by atoms with van der Waals surface area (Å²) in [7, 11) is 0. The fourth-order valence-electron chi connectivity index (χ4n) is 2.37. The van der Waals surface area contributed by atoms with E-state index in [1.807, 2.05) is 12.1 Å². The van der Waals surface area contributed by atoms with E-state index in [2.05, 4.69) is 19.1 Å². The number of hydrogen-bond donors (Lipinski definition) is 0. The molecule has 1 fully saturated rings. The van der Waals surface area contributed by atoms with Gasteiger partial charge < -0.3 is 4.74 Å². The van der Waals surface area contributed by atoms with Gasteiger partial charge in [0.1, 0.15) is 0 Å². The van der Waals surface area contributed by atoms with Gasteiger partial charge in [0, 0.05) is 18.6 Å². The monoisotopic (exact) mass is 246 g/mol. The Morgan fingerprint density at radius 3 is 2.72 bits per heavy atom. The Hall–Kier alpha value is -1.15. The minimum absolute atomic E-state index is 0.150. The zero-order chi connectivity index (χ0) is 12.8. The molecule has 18 heavy (non-hydrogen) atoms. The van der Waals surface area contributed by atoms with E-state index in [0.717, 1.165) is 31.4 Å². The van der Waals surface area contributed by atoms with Crippen molar-refractivity contribution in [1.29, 1.82) is 0 Å². The Morgan fingerprint density at radius 2 is 2.11 bits per heavy atom. The van der Waals surface area contributed by atoms with Crippen LogP contribution in [0.2, 0.25) is 0 Å². The predicted molar refractivity (Wildman–Crippen MR) is 73.0 cm³/mol. The van der Waals surface area contributed by atoms with E-state index in [9.17, 15) is 4.79 Å². The summed E-state index contributed by atoms with van der Waals surface area (Å²) >= 11 is 0. The summed E-state index contributed by atoms with van der Waals surface area (Å²) in [5, 5.41) is 0. The van der Waals surface area contributed by atoms with E-state index < -0.39 is 0 Å². The maximum Gasteiger partial charge on any atom is 0.165 e. The van der Waals surface area contributed by atoms with E-state index in [0.29, 0.717) is 6.42 Å². The number of Topliss-reactive ketones (excluding diaryl/α,β-unsaturated/α-hetero) is 1. The van der Waals surface area contributed by atoms with Crippen molar-refractivity contribution < 1.29 is 9.53 Å². The Balaban J connectivity index is 1.89. The minimum atomic E-state index is 0.150. The minimum Gasteiger partial charge on any atom is -0.378 e. The third-order valence-corrected chi connectivity index (χ3v) is 3.53. The molecular formula is C16H22O2. The molecule has 0 aromatic heterocycles. The molecule has 1 atom stereocenters. The van der Waals surface area contributed by atoms with Crippen molar-refractivity contribution >= 4 is 5.78 Å². The summed E-state index contributed by atoms with van der Waals surface area (Å²) in [6.45, 7) is 3.01. The van der Waals surface area contributed by atoms with Crippen LogP contribution < -0.4 is 0 Å². The lowest BCUT2D eigenvalue weighted by Crippen LogP contribution is -2.12. The first-order chi connectivity index (χ1) is 8.79. The highest BCUT2D eigenvalue weighted by atomic mass is 16.5. The van der Waals surface area contributed by atoms with Crippen LogP contribution in [0.3, 0.4) is 0 Å². The molecule has 1 aromatic carbocycles. The van der Waals surface area contributed by atoms with Gasteiger partial charge in [-0.1, -0.05) is 37.6 Å². The SMILES string of the molecule is CCCCc1ccc(C(=O)CC2CCCO2)cc1. The second kappa shape index (κ2) is 6.69. The number of ketones is 1. The summed E-state index contributed by atoms with van der Waals surface area (Å²) in [5.41, 5.74) is 2.15. The molecule has 0 aliphatic carbocycles. The van der Waals surface area contributed by atoms with E-state index in [1.54, 1.807) is 0 Å². The normalized spacial score (nSPS) is 19.1. The standard InChI is InChI=1S/C16H22O2/c1-2-3-5-13-7-9-14(10-8-13)16(17)12-15-6-4-11-18-15/h7-10,15H,2-6,11-12H2,1H3. The van der Waals surface area contributed by atoms with Gasteiger partial charge in [-0.3, -0.25) is 4.79 Å². The summed E-state index contributed by atoms with van der Waals surface area (Å²) in [6, 6.07) is 8.08. The summed E-state index contributed by atoms with van der Waals surface area (Å²) < 4.78 is 5.50. The van der Waals surface area contributed by atoms with Gasteiger partial charge in [-0.25, -0.2) is 0 Å². The molecular weight excluding hydrogens is 224 g/mol. The number of unbranched alkanes of at least 4 members (excludes halogenated alkanes) is 1. The number of ether oxygens (including phenoxy) is 1. The first-order valence-corrected chi connectivity index (χ1v) is 7.03. The van der Waals surface area contributed by atoms with Gasteiger partial charge >= 0.3 is 0 Å². The molecule has 0 saturated carbocycles. The average Bonchev–Trinajstić information content (AvgIpc) is 2.89. The molecule has 0 N–H and O–H groups in total. The van der Waals surface area contributed by atoms with Gasteiger partial charge in [0.25, 0.3) is 0 Å². The number of carbonyl (C=O) groups is 1. The van der Waals surface area contributed by atoms with E-state index in [1.165, 1.54) is 18.4 Å². The Labute approximate surface area is 109 Å². The number of rotatable bonds is 6. The van der Waals surface area contributed by atoms with E-state index >= 15 is 0 Å². The molecule has 98 valence electrons.